The Labute approximate surface area is 214 Å². The fourth-order valence-corrected chi connectivity index (χ4v) is 5.26. The summed E-state index contributed by atoms with van der Waals surface area (Å²) in [6.07, 6.45) is 5.57. The summed E-state index contributed by atoms with van der Waals surface area (Å²) in [5.41, 5.74) is 0.429. The number of halogens is 1. The van der Waals surface area contributed by atoms with Crippen LogP contribution >= 0.6 is 22.6 Å². The van der Waals surface area contributed by atoms with E-state index in [0.717, 1.165) is 29.3 Å². The number of carbonyl (C=O) groups is 2. The van der Waals surface area contributed by atoms with Crippen LogP contribution in [0.25, 0.3) is 0 Å². The highest BCUT2D eigenvalue weighted by Gasteiger charge is 2.41. The molecule has 3 unspecified atom stereocenters. The lowest BCUT2D eigenvalue weighted by Crippen LogP contribution is -2.56. The third-order valence-electron chi connectivity index (χ3n) is 6.48. The summed E-state index contributed by atoms with van der Waals surface area (Å²) in [6.45, 7) is 0.381. The molecule has 2 amide bonds. The first kappa shape index (κ1) is 26.9. The van der Waals surface area contributed by atoms with E-state index in [2.05, 4.69) is 27.9 Å². The van der Waals surface area contributed by atoms with Crippen LogP contribution in [-0.2, 0) is 14.3 Å². The second-order valence-corrected chi connectivity index (χ2v) is 10.1. The number of carbonyl (C=O) groups excluding carboxylic acids is 2. The molecule has 1 aromatic rings. The highest BCUT2D eigenvalue weighted by Crippen LogP contribution is 2.32. The lowest BCUT2D eigenvalue weighted by Gasteiger charge is -2.42. The Kier molecular flexibility index (Phi) is 10.6. The van der Waals surface area contributed by atoms with Crippen molar-refractivity contribution < 1.29 is 29.3 Å². The molecule has 34 heavy (non-hydrogen) atoms. The van der Waals surface area contributed by atoms with Crippen molar-refractivity contribution in [1.82, 2.24) is 10.2 Å². The summed E-state index contributed by atoms with van der Waals surface area (Å²) in [5.74, 6) is 0.413. The minimum absolute atomic E-state index is 0.0895. The molecule has 0 aromatic heterocycles. The van der Waals surface area contributed by atoms with Gasteiger partial charge in [0.25, 0.3) is 0 Å². The molecule has 2 aliphatic carbocycles. The predicted octanol–water partition coefficient (Wildman–Crippen LogP) is 2.26. The first-order valence-corrected chi connectivity index (χ1v) is 13.0. The van der Waals surface area contributed by atoms with E-state index < -0.39 is 18.2 Å². The molecule has 0 spiro atoms. The minimum Gasteiger partial charge on any atom is -0.482 e. The molecule has 0 bridgehead atoms. The number of nitrogens with zero attached hydrogens (tertiary/aromatic N) is 1. The average Bonchev–Trinajstić information content (AvgIpc) is 2.84. The van der Waals surface area contributed by atoms with E-state index in [0.29, 0.717) is 23.8 Å². The summed E-state index contributed by atoms with van der Waals surface area (Å²) in [6, 6.07) is 6.83. The van der Waals surface area contributed by atoms with Crippen LogP contribution < -0.4 is 10.1 Å². The zero-order valence-electron chi connectivity index (χ0n) is 19.6. The quantitative estimate of drug-likeness (QED) is 0.364. The SMILES string of the molecule is COCC(=O)N(CC1CCCCC1)C1CC(C(=O)NCCO)=CC(Oc2ccccc2I)C1O. The second-order valence-electron chi connectivity index (χ2n) is 8.93. The Balaban J connectivity index is 1.90. The molecule has 2 aliphatic rings. The molecule has 3 N–H and O–H groups in total. The maximum Gasteiger partial charge on any atom is 0.248 e. The normalized spacial score (nSPS) is 23.2. The van der Waals surface area contributed by atoms with E-state index in [9.17, 15) is 14.7 Å². The van der Waals surface area contributed by atoms with Crippen LogP contribution in [-0.4, -0.2) is 78.6 Å². The molecule has 9 heteroatoms. The number of benzene rings is 1. The van der Waals surface area contributed by atoms with Gasteiger partial charge < -0.3 is 29.9 Å². The van der Waals surface area contributed by atoms with E-state index in [1.54, 1.807) is 11.0 Å². The minimum atomic E-state index is -1.02. The number of methoxy groups -OCH3 is 1. The number of aliphatic hydroxyl groups is 2. The maximum absolute atomic E-state index is 13.1. The summed E-state index contributed by atoms with van der Waals surface area (Å²) >= 11 is 2.16. The van der Waals surface area contributed by atoms with Crippen molar-refractivity contribution in [2.45, 2.75) is 56.8 Å². The van der Waals surface area contributed by atoms with Gasteiger partial charge in [-0.15, -0.1) is 0 Å². The Morgan fingerprint density at radius 1 is 1.21 bits per heavy atom. The first-order valence-electron chi connectivity index (χ1n) is 11.9. The lowest BCUT2D eigenvalue weighted by atomic mass is 9.85. The van der Waals surface area contributed by atoms with Crippen LogP contribution in [0.1, 0.15) is 38.5 Å². The van der Waals surface area contributed by atoms with Gasteiger partial charge in [-0.05, 0) is 59.6 Å². The Bertz CT molecular complexity index is 858. The van der Waals surface area contributed by atoms with Crippen LogP contribution in [0.15, 0.2) is 35.9 Å². The van der Waals surface area contributed by atoms with Crippen molar-refractivity contribution in [1.29, 1.82) is 0 Å². The van der Waals surface area contributed by atoms with Gasteiger partial charge in [0.2, 0.25) is 11.8 Å². The van der Waals surface area contributed by atoms with Gasteiger partial charge in [-0.2, -0.15) is 0 Å². The smallest absolute Gasteiger partial charge is 0.248 e. The molecule has 3 rings (SSSR count). The lowest BCUT2D eigenvalue weighted by molar-refractivity contribution is -0.143. The van der Waals surface area contributed by atoms with Gasteiger partial charge in [0.1, 0.15) is 24.6 Å². The molecular formula is C25H35IN2O6. The topological polar surface area (TPSA) is 108 Å². The largest absolute Gasteiger partial charge is 0.482 e. The van der Waals surface area contributed by atoms with E-state index in [-0.39, 0.29) is 38.0 Å². The number of ether oxygens (including phenoxy) is 2. The monoisotopic (exact) mass is 586 g/mol. The summed E-state index contributed by atoms with van der Waals surface area (Å²) in [7, 11) is 1.48. The van der Waals surface area contributed by atoms with E-state index in [1.165, 1.54) is 13.5 Å². The summed E-state index contributed by atoms with van der Waals surface area (Å²) < 4.78 is 12.2. The third kappa shape index (κ3) is 7.16. The fourth-order valence-electron chi connectivity index (χ4n) is 4.74. The molecule has 0 aliphatic heterocycles. The van der Waals surface area contributed by atoms with E-state index >= 15 is 0 Å². The first-order chi connectivity index (χ1) is 16.4. The van der Waals surface area contributed by atoms with E-state index in [4.69, 9.17) is 14.6 Å². The fraction of sp³-hybridized carbons (Fsp3) is 0.600. The maximum atomic E-state index is 13.1. The van der Waals surface area contributed by atoms with Gasteiger partial charge >= 0.3 is 0 Å². The van der Waals surface area contributed by atoms with Crippen LogP contribution in [0.2, 0.25) is 0 Å². The van der Waals surface area contributed by atoms with Crippen molar-refractivity contribution in [3.63, 3.8) is 0 Å². The molecule has 3 atom stereocenters. The number of nitrogens with one attached hydrogen (secondary N) is 1. The molecule has 0 heterocycles. The van der Waals surface area contributed by atoms with Gasteiger partial charge in [-0.3, -0.25) is 9.59 Å². The molecule has 1 saturated carbocycles. The highest BCUT2D eigenvalue weighted by molar-refractivity contribution is 14.1. The zero-order valence-corrected chi connectivity index (χ0v) is 21.8. The Morgan fingerprint density at radius 3 is 2.62 bits per heavy atom. The number of hydrogen-bond donors (Lipinski definition) is 3. The van der Waals surface area contributed by atoms with Crippen molar-refractivity contribution in [3.8, 4) is 5.75 Å². The predicted molar refractivity (Wildman–Crippen MR) is 136 cm³/mol. The number of para-hydroxylation sites is 1. The van der Waals surface area contributed by atoms with E-state index in [1.807, 2.05) is 24.3 Å². The third-order valence-corrected chi connectivity index (χ3v) is 7.37. The Morgan fingerprint density at radius 2 is 1.94 bits per heavy atom. The molecule has 1 fully saturated rings. The number of hydrogen-bond acceptors (Lipinski definition) is 6. The van der Waals surface area contributed by atoms with Crippen molar-refractivity contribution in [2.24, 2.45) is 5.92 Å². The number of amides is 2. The van der Waals surface area contributed by atoms with Gasteiger partial charge in [0.15, 0.2) is 0 Å². The van der Waals surface area contributed by atoms with Crippen LogP contribution in [0.5, 0.6) is 5.75 Å². The molecular weight excluding hydrogens is 551 g/mol. The van der Waals surface area contributed by atoms with Gasteiger partial charge in [-0.1, -0.05) is 31.4 Å². The summed E-state index contributed by atoms with van der Waals surface area (Å²) in [4.78, 5) is 27.6. The van der Waals surface area contributed by atoms with Crippen molar-refractivity contribution in [3.05, 3.63) is 39.5 Å². The van der Waals surface area contributed by atoms with Crippen LogP contribution in [0.4, 0.5) is 0 Å². The standard InChI is InChI=1S/C25H35IN2O6/c1-33-16-23(30)28(15-17-7-3-2-4-8-17)20-13-18(25(32)27-11-12-29)14-22(24(20)31)34-21-10-6-5-9-19(21)26/h5-6,9-10,14,17,20,22,24,29,31H,2-4,7-8,11-13,15-16H2,1H3,(H,27,32). The molecule has 8 nitrogen and oxygen atoms in total. The van der Waals surface area contributed by atoms with Gasteiger partial charge in [0.05, 0.1) is 16.2 Å². The highest BCUT2D eigenvalue weighted by atomic mass is 127. The number of aliphatic hydroxyl groups excluding tert-OH is 2. The average molecular weight is 586 g/mol. The molecule has 0 radical (unpaired) electrons. The summed E-state index contributed by atoms with van der Waals surface area (Å²) in [5, 5.41) is 23.2. The molecule has 0 saturated heterocycles. The van der Waals surface area contributed by atoms with Gasteiger partial charge in [0, 0.05) is 32.2 Å². The van der Waals surface area contributed by atoms with Crippen molar-refractivity contribution in [2.75, 3.05) is 33.4 Å². The van der Waals surface area contributed by atoms with Crippen LogP contribution in [0, 0.1) is 9.49 Å². The van der Waals surface area contributed by atoms with Crippen molar-refractivity contribution >= 4 is 34.4 Å². The molecule has 1 aromatic carbocycles. The van der Waals surface area contributed by atoms with Crippen LogP contribution in [0.3, 0.4) is 0 Å². The van der Waals surface area contributed by atoms with Gasteiger partial charge in [-0.25, -0.2) is 0 Å². The second kappa shape index (κ2) is 13.4. The number of rotatable bonds is 10. The molecule has 188 valence electrons. The zero-order chi connectivity index (χ0) is 24.5. The Hall–Kier alpha value is -1.69.